The number of methoxy groups -OCH3 is 2. The first-order valence-corrected chi connectivity index (χ1v) is 22.6. The number of carbonyl (C=O) groups is 2. The van der Waals surface area contributed by atoms with Gasteiger partial charge in [-0.25, -0.2) is 36.3 Å². The van der Waals surface area contributed by atoms with Gasteiger partial charge >= 0.3 is 0 Å². The number of imidazole rings is 2. The molecule has 364 valence electrons. The van der Waals surface area contributed by atoms with Crippen LogP contribution in [0, 0.1) is 48.8 Å². The maximum absolute atomic E-state index is 13.9. The van der Waals surface area contributed by atoms with Gasteiger partial charge in [-0.05, 0) is 122 Å². The van der Waals surface area contributed by atoms with Gasteiger partial charge in [-0.1, -0.05) is 12.1 Å². The summed E-state index contributed by atoms with van der Waals surface area (Å²) in [6.07, 6.45) is 13.2. The molecule has 0 N–H and O–H groups in total. The summed E-state index contributed by atoms with van der Waals surface area (Å²) in [5, 5.41) is 0. The molecule has 18 heteroatoms. The van der Waals surface area contributed by atoms with Crippen LogP contribution in [0.2, 0.25) is 0 Å². The van der Waals surface area contributed by atoms with E-state index >= 15 is 0 Å². The summed E-state index contributed by atoms with van der Waals surface area (Å²) in [5.41, 5.74) is 6.44. The lowest BCUT2D eigenvalue weighted by atomic mass is 9.91. The Morgan fingerprint density at radius 1 is 0.571 bits per heavy atom. The molecular formula is C52H48F6N6O6. The zero-order valence-electron chi connectivity index (χ0n) is 38.6. The van der Waals surface area contributed by atoms with Crippen molar-refractivity contribution in [2.45, 2.75) is 63.7 Å². The molecule has 70 heavy (non-hydrogen) atoms. The lowest BCUT2D eigenvalue weighted by molar-refractivity contribution is -0.146. The lowest BCUT2D eigenvalue weighted by Gasteiger charge is -2.45. The fourth-order valence-electron chi connectivity index (χ4n) is 9.53. The van der Waals surface area contributed by atoms with Gasteiger partial charge < -0.3 is 37.9 Å². The van der Waals surface area contributed by atoms with Crippen molar-refractivity contribution in [1.29, 1.82) is 0 Å². The van der Waals surface area contributed by atoms with Gasteiger partial charge in [0.25, 0.3) is 11.8 Å². The quantitative estimate of drug-likeness (QED) is 0.0843. The average molecular weight is 967 g/mol. The highest BCUT2D eigenvalue weighted by molar-refractivity contribution is 6.00. The fraction of sp³-hybridized carbons (Fsp3) is 0.308. The Morgan fingerprint density at radius 3 is 1.30 bits per heavy atom. The van der Waals surface area contributed by atoms with Gasteiger partial charge in [0.1, 0.15) is 11.5 Å². The predicted octanol–water partition coefficient (Wildman–Crippen LogP) is 9.51. The molecule has 4 aliphatic rings. The summed E-state index contributed by atoms with van der Waals surface area (Å²) in [7, 11) is 3.16. The lowest BCUT2D eigenvalue weighted by Crippen LogP contribution is -2.53. The Bertz CT molecular complexity index is 2800. The average Bonchev–Trinajstić information content (AvgIpc) is 4.01. The highest BCUT2D eigenvalue weighted by Crippen LogP contribution is 2.39. The summed E-state index contributed by atoms with van der Waals surface area (Å²) >= 11 is 0. The molecule has 0 radical (unpaired) electrons. The summed E-state index contributed by atoms with van der Waals surface area (Å²) in [4.78, 5) is 38.8. The van der Waals surface area contributed by atoms with Gasteiger partial charge in [0.05, 0.1) is 100 Å². The minimum absolute atomic E-state index is 0.0763. The van der Waals surface area contributed by atoms with Gasteiger partial charge in [-0.2, -0.15) is 0 Å². The van der Waals surface area contributed by atoms with Crippen molar-refractivity contribution in [2.75, 3.05) is 40.6 Å². The second kappa shape index (κ2) is 20.0. The number of hydrogen-bond acceptors (Lipinski definition) is 8. The maximum atomic E-state index is 13.9. The van der Waals surface area contributed by atoms with Gasteiger partial charge in [0.15, 0.2) is 34.9 Å². The predicted molar refractivity (Wildman–Crippen MR) is 245 cm³/mol. The van der Waals surface area contributed by atoms with E-state index in [2.05, 4.69) is 9.97 Å². The van der Waals surface area contributed by atoms with Crippen LogP contribution < -0.4 is 9.47 Å². The van der Waals surface area contributed by atoms with Crippen LogP contribution in [0.3, 0.4) is 0 Å². The summed E-state index contributed by atoms with van der Waals surface area (Å²) in [5.74, 6) is -7.43. The van der Waals surface area contributed by atoms with Crippen LogP contribution in [0.25, 0.3) is 23.5 Å². The smallest absolute Gasteiger partial charge is 0.250 e. The third kappa shape index (κ3) is 9.57. The van der Waals surface area contributed by atoms with Crippen molar-refractivity contribution in [2.24, 2.45) is 0 Å². The minimum atomic E-state index is -1.53. The Labute approximate surface area is 399 Å². The Kier molecular flexibility index (Phi) is 13.7. The number of fused-ring (bicyclic) bond motifs is 2. The molecule has 0 spiro atoms. The zero-order valence-corrected chi connectivity index (χ0v) is 38.6. The van der Waals surface area contributed by atoms with E-state index in [0.29, 0.717) is 61.5 Å². The first-order chi connectivity index (χ1) is 33.7. The Hall–Kier alpha value is -7.18. The van der Waals surface area contributed by atoms with Crippen LogP contribution in [0.4, 0.5) is 26.3 Å². The van der Waals surface area contributed by atoms with E-state index in [1.54, 1.807) is 36.7 Å². The van der Waals surface area contributed by atoms with Crippen molar-refractivity contribution in [3.63, 3.8) is 0 Å². The normalized spacial score (nSPS) is 21.3. The molecule has 6 aromatic rings. The standard InChI is InChI=1S/2C26H24F3N3O3/c2*1-15-11-31(14-30-15)22-6-3-16(8-24(22)34-2)7-17-4-5-19-12-35-13-23(32(19)26(17)33)18-9-20(27)25(29)21(28)10-18/h2*3,6-11,14,19,23H,4-5,12-13H2,1-2H3/b2*17-7+/t2*19-,23+/m10/s1. The largest absolute Gasteiger partial charge is 0.495 e. The van der Waals surface area contributed by atoms with E-state index in [1.165, 1.54) is 0 Å². The van der Waals surface area contributed by atoms with Crippen molar-refractivity contribution >= 4 is 24.0 Å². The van der Waals surface area contributed by atoms with Crippen LogP contribution in [0.5, 0.6) is 11.5 Å². The van der Waals surface area contributed by atoms with E-state index in [0.717, 1.165) is 58.2 Å². The van der Waals surface area contributed by atoms with Crippen LogP contribution in [0.1, 0.15) is 71.4 Å². The molecule has 4 aliphatic heterocycles. The highest BCUT2D eigenvalue weighted by atomic mass is 19.2. The number of amides is 2. The molecule has 6 heterocycles. The zero-order chi connectivity index (χ0) is 49.4. The molecule has 2 amide bonds. The summed E-state index contributed by atoms with van der Waals surface area (Å²) in [6, 6.07) is 13.1. The molecule has 2 aromatic heterocycles. The SMILES string of the molecule is COc1cc(/C=C2\CC[C@@H]3COC[C@@H](c4cc(F)c(F)c(F)c4)N3C2=O)ccc1-n1cnc(C)c1.COc1cc(/C=C2\CC[C@H]3COC[C@H](c4cc(F)c(F)c(F)c4)N3C2=O)ccc1-n1cnc(C)c1. The highest BCUT2D eigenvalue weighted by Gasteiger charge is 2.42. The summed E-state index contributed by atoms with van der Waals surface area (Å²) in [6.45, 7) is 4.64. The first kappa shape index (κ1) is 47.9. The number of piperidine rings is 2. The van der Waals surface area contributed by atoms with Crippen LogP contribution >= 0.6 is 0 Å². The van der Waals surface area contributed by atoms with Crippen molar-refractivity contribution < 1.29 is 54.9 Å². The maximum Gasteiger partial charge on any atom is 0.250 e. The number of aromatic nitrogens is 4. The first-order valence-electron chi connectivity index (χ1n) is 22.6. The minimum Gasteiger partial charge on any atom is -0.495 e. The van der Waals surface area contributed by atoms with Gasteiger partial charge in [-0.3, -0.25) is 9.59 Å². The second-order valence-electron chi connectivity index (χ2n) is 17.6. The van der Waals surface area contributed by atoms with Crippen molar-refractivity contribution in [3.8, 4) is 22.9 Å². The molecule has 0 bridgehead atoms. The third-order valence-corrected chi connectivity index (χ3v) is 13.0. The molecule has 0 aliphatic carbocycles. The van der Waals surface area contributed by atoms with Crippen LogP contribution in [0.15, 0.2) is 96.9 Å². The number of halogens is 6. The molecule has 4 atom stereocenters. The molecule has 0 saturated carbocycles. The fourth-order valence-corrected chi connectivity index (χ4v) is 9.53. The van der Waals surface area contributed by atoms with Crippen LogP contribution in [-0.4, -0.2) is 93.4 Å². The molecule has 4 aromatic carbocycles. The molecule has 12 nitrogen and oxygen atoms in total. The molecule has 10 rings (SSSR count). The number of hydrogen-bond donors (Lipinski definition) is 0. The molecule has 0 unspecified atom stereocenters. The van der Waals surface area contributed by atoms with Gasteiger partial charge in [0.2, 0.25) is 0 Å². The number of nitrogens with zero attached hydrogens (tertiary/aromatic N) is 6. The number of ether oxygens (including phenoxy) is 4. The number of benzene rings is 4. The topological polar surface area (TPSA) is 113 Å². The Balaban J connectivity index is 0.000000174. The third-order valence-electron chi connectivity index (χ3n) is 13.0. The van der Waals surface area contributed by atoms with E-state index in [-0.39, 0.29) is 48.2 Å². The monoisotopic (exact) mass is 966 g/mol. The second-order valence-corrected chi connectivity index (χ2v) is 17.6. The van der Waals surface area contributed by atoms with E-state index < -0.39 is 47.0 Å². The van der Waals surface area contributed by atoms with Gasteiger partial charge in [0, 0.05) is 23.5 Å². The number of morpholine rings is 2. The molecule has 4 fully saturated rings. The van der Waals surface area contributed by atoms with E-state index in [1.807, 2.05) is 83.9 Å². The summed E-state index contributed by atoms with van der Waals surface area (Å²) < 4.78 is 109. The molecule has 4 saturated heterocycles. The Morgan fingerprint density at radius 2 is 0.957 bits per heavy atom. The van der Waals surface area contributed by atoms with Crippen molar-refractivity contribution in [1.82, 2.24) is 28.9 Å². The van der Waals surface area contributed by atoms with E-state index in [4.69, 9.17) is 18.9 Å². The van der Waals surface area contributed by atoms with E-state index in [9.17, 15) is 35.9 Å². The van der Waals surface area contributed by atoms with Crippen LogP contribution in [-0.2, 0) is 19.1 Å². The van der Waals surface area contributed by atoms with Gasteiger partial charge in [-0.15, -0.1) is 0 Å². The number of carbonyl (C=O) groups excluding carboxylic acids is 2. The number of aryl methyl sites for hydroxylation is 2. The molecular weight excluding hydrogens is 919 g/mol. The number of rotatable bonds is 8. The van der Waals surface area contributed by atoms with Crippen molar-refractivity contribution in [3.05, 3.63) is 165 Å².